The molecule has 1 N–H and O–H groups in total. The van der Waals surface area contributed by atoms with Crippen LogP contribution < -0.4 is 5.32 Å². The van der Waals surface area contributed by atoms with Gasteiger partial charge in [-0.1, -0.05) is 19.1 Å². The van der Waals surface area contributed by atoms with E-state index >= 15 is 0 Å². The number of amides is 1. The van der Waals surface area contributed by atoms with Gasteiger partial charge in [0, 0.05) is 31.3 Å². The minimum atomic E-state index is -0.420. The van der Waals surface area contributed by atoms with Crippen molar-refractivity contribution < 1.29 is 14.5 Å². The molecule has 6 heteroatoms. The molecular formula is C15H20N2O4. The molecule has 0 saturated carbocycles. The number of nitrogens with zero attached hydrogens (tertiary/aromatic N) is 1. The fourth-order valence-corrected chi connectivity index (χ4v) is 2.53. The maximum Gasteiger partial charge on any atom is 0.269 e. The van der Waals surface area contributed by atoms with E-state index in [4.69, 9.17) is 4.74 Å². The van der Waals surface area contributed by atoms with Crippen molar-refractivity contribution in [2.75, 3.05) is 13.2 Å². The van der Waals surface area contributed by atoms with Crippen molar-refractivity contribution in [1.82, 2.24) is 5.32 Å². The van der Waals surface area contributed by atoms with Gasteiger partial charge in [0.15, 0.2) is 0 Å². The molecule has 0 spiro atoms. The number of rotatable bonds is 5. The van der Waals surface area contributed by atoms with E-state index in [1.54, 1.807) is 6.07 Å². The first-order valence-electron chi connectivity index (χ1n) is 7.24. The molecule has 1 amide bonds. The van der Waals surface area contributed by atoms with Crippen LogP contribution in [-0.2, 0) is 9.53 Å². The molecular weight excluding hydrogens is 272 g/mol. The lowest BCUT2D eigenvalue weighted by atomic mass is 9.97. The van der Waals surface area contributed by atoms with Crippen molar-refractivity contribution in [2.24, 2.45) is 5.92 Å². The molecule has 0 aromatic heterocycles. The van der Waals surface area contributed by atoms with Gasteiger partial charge in [0.1, 0.15) is 0 Å². The Hall–Kier alpha value is -1.95. The Morgan fingerprint density at radius 3 is 2.81 bits per heavy atom. The van der Waals surface area contributed by atoms with Crippen molar-refractivity contribution in [3.8, 4) is 0 Å². The summed E-state index contributed by atoms with van der Waals surface area (Å²) in [6, 6.07) is 6.25. The van der Waals surface area contributed by atoms with Gasteiger partial charge in [-0.2, -0.15) is 0 Å². The van der Waals surface area contributed by atoms with E-state index in [-0.39, 0.29) is 23.6 Å². The molecule has 1 aromatic carbocycles. The first-order chi connectivity index (χ1) is 10.1. The Bertz CT molecular complexity index is 512. The first kappa shape index (κ1) is 15.4. The fourth-order valence-electron chi connectivity index (χ4n) is 2.53. The van der Waals surface area contributed by atoms with Crippen LogP contribution in [-0.4, -0.2) is 24.0 Å². The number of carbonyl (C=O) groups is 1. The van der Waals surface area contributed by atoms with Crippen LogP contribution in [0.4, 0.5) is 5.69 Å². The second-order valence-electron chi connectivity index (χ2n) is 5.21. The number of nitrogens with one attached hydrogen (secondary N) is 1. The van der Waals surface area contributed by atoms with Gasteiger partial charge < -0.3 is 10.1 Å². The van der Waals surface area contributed by atoms with E-state index in [1.807, 2.05) is 13.0 Å². The molecule has 1 aliphatic heterocycles. The average molecular weight is 292 g/mol. The molecule has 1 aliphatic rings. The Labute approximate surface area is 123 Å². The number of nitro benzene ring substituents is 1. The molecule has 21 heavy (non-hydrogen) atoms. The van der Waals surface area contributed by atoms with Gasteiger partial charge in [0.05, 0.1) is 11.0 Å². The molecule has 0 radical (unpaired) electrons. The highest BCUT2D eigenvalue weighted by molar-refractivity contribution is 5.79. The summed E-state index contributed by atoms with van der Waals surface area (Å²) in [7, 11) is 0. The number of hydrogen-bond acceptors (Lipinski definition) is 4. The second-order valence-corrected chi connectivity index (χ2v) is 5.21. The Kier molecular flexibility index (Phi) is 5.27. The third kappa shape index (κ3) is 4.01. The van der Waals surface area contributed by atoms with Crippen LogP contribution >= 0.6 is 0 Å². The number of hydrogen-bond donors (Lipinski definition) is 1. The summed E-state index contributed by atoms with van der Waals surface area (Å²) in [5.41, 5.74) is 0.818. The molecule has 0 aliphatic carbocycles. The number of nitro groups is 1. The van der Waals surface area contributed by atoms with Crippen LogP contribution in [0.5, 0.6) is 0 Å². The molecule has 1 saturated heterocycles. The SMILES string of the molecule is CC[C@H](NC(=O)C1CCOCC1)c1cccc([N+](=O)[O-])c1. The number of benzene rings is 1. The Morgan fingerprint density at radius 1 is 1.48 bits per heavy atom. The summed E-state index contributed by atoms with van der Waals surface area (Å²) in [5.74, 6) is -0.0110. The molecule has 0 bridgehead atoms. The van der Waals surface area contributed by atoms with Gasteiger partial charge in [0.2, 0.25) is 5.91 Å². The third-order valence-corrected chi connectivity index (χ3v) is 3.80. The van der Waals surface area contributed by atoms with E-state index in [0.29, 0.717) is 19.6 Å². The Balaban J connectivity index is 2.06. The zero-order valence-electron chi connectivity index (χ0n) is 12.1. The zero-order chi connectivity index (χ0) is 15.2. The van der Waals surface area contributed by atoms with Crippen molar-refractivity contribution in [1.29, 1.82) is 0 Å². The molecule has 1 fully saturated rings. The average Bonchev–Trinajstić information content (AvgIpc) is 2.53. The van der Waals surface area contributed by atoms with Gasteiger partial charge in [0.25, 0.3) is 5.69 Å². The van der Waals surface area contributed by atoms with E-state index in [0.717, 1.165) is 18.4 Å². The topological polar surface area (TPSA) is 81.5 Å². The van der Waals surface area contributed by atoms with Crippen LogP contribution in [0.25, 0.3) is 0 Å². The summed E-state index contributed by atoms with van der Waals surface area (Å²) >= 11 is 0. The summed E-state index contributed by atoms with van der Waals surface area (Å²) in [5, 5.41) is 13.8. The maximum absolute atomic E-state index is 12.3. The predicted octanol–water partition coefficient (Wildman–Crippen LogP) is 2.59. The van der Waals surface area contributed by atoms with Crippen LogP contribution in [0.2, 0.25) is 0 Å². The normalized spacial score (nSPS) is 17.2. The van der Waals surface area contributed by atoms with Crippen molar-refractivity contribution in [3.63, 3.8) is 0 Å². The molecule has 0 unspecified atom stereocenters. The van der Waals surface area contributed by atoms with Crippen molar-refractivity contribution in [2.45, 2.75) is 32.2 Å². The zero-order valence-corrected chi connectivity index (χ0v) is 12.1. The molecule has 6 nitrogen and oxygen atoms in total. The Morgan fingerprint density at radius 2 is 2.19 bits per heavy atom. The smallest absolute Gasteiger partial charge is 0.269 e. The second kappa shape index (κ2) is 7.17. The van der Waals surface area contributed by atoms with Crippen LogP contribution in [0.15, 0.2) is 24.3 Å². The minimum Gasteiger partial charge on any atom is -0.381 e. The van der Waals surface area contributed by atoms with Gasteiger partial charge in [-0.3, -0.25) is 14.9 Å². The predicted molar refractivity (Wildman–Crippen MR) is 77.8 cm³/mol. The molecule has 2 rings (SSSR count). The van der Waals surface area contributed by atoms with Crippen LogP contribution in [0.1, 0.15) is 37.8 Å². The highest BCUT2D eigenvalue weighted by atomic mass is 16.6. The monoisotopic (exact) mass is 292 g/mol. The van der Waals surface area contributed by atoms with Gasteiger partial charge in [-0.05, 0) is 24.8 Å². The van der Waals surface area contributed by atoms with E-state index in [1.165, 1.54) is 12.1 Å². The van der Waals surface area contributed by atoms with Gasteiger partial charge in [-0.15, -0.1) is 0 Å². The van der Waals surface area contributed by atoms with E-state index in [2.05, 4.69) is 5.32 Å². The van der Waals surface area contributed by atoms with E-state index < -0.39 is 4.92 Å². The highest BCUT2D eigenvalue weighted by Gasteiger charge is 2.24. The van der Waals surface area contributed by atoms with Gasteiger partial charge >= 0.3 is 0 Å². The van der Waals surface area contributed by atoms with E-state index in [9.17, 15) is 14.9 Å². The van der Waals surface area contributed by atoms with Crippen LogP contribution in [0, 0.1) is 16.0 Å². The number of non-ortho nitro benzene ring substituents is 1. The number of ether oxygens (including phenoxy) is 1. The van der Waals surface area contributed by atoms with Crippen molar-refractivity contribution >= 4 is 11.6 Å². The lowest BCUT2D eigenvalue weighted by Gasteiger charge is -2.24. The highest BCUT2D eigenvalue weighted by Crippen LogP contribution is 2.23. The third-order valence-electron chi connectivity index (χ3n) is 3.80. The molecule has 1 heterocycles. The molecule has 1 aromatic rings. The minimum absolute atomic E-state index is 0.0108. The van der Waals surface area contributed by atoms with Crippen LogP contribution in [0.3, 0.4) is 0 Å². The molecule has 114 valence electrons. The summed E-state index contributed by atoms with van der Waals surface area (Å²) in [6.07, 6.45) is 2.16. The lowest BCUT2D eigenvalue weighted by molar-refractivity contribution is -0.384. The summed E-state index contributed by atoms with van der Waals surface area (Å²) < 4.78 is 5.25. The fraction of sp³-hybridized carbons (Fsp3) is 0.533. The summed E-state index contributed by atoms with van der Waals surface area (Å²) in [4.78, 5) is 22.7. The first-order valence-corrected chi connectivity index (χ1v) is 7.24. The molecule has 1 atom stereocenters. The van der Waals surface area contributed by atoms with Crippen molar-refractivity contribution in [3.05, 3.63) is 39.9 Å². The standard InChI is InChI=1S/C15H20N2O4/c1-2-14(12-4-3-5-13(10-12)17(19)20)16-15(18)11-6-8-21-9-7-11/h3-5,10-11,14H,2,6-9H2,1H3,(H,16,18)/t14-/m0/s1. The maximum atomic E-state index is 12.3. The largest absolute Gasteiger partial charge is 0.381 e. The summed E-state index contributed by atoms with van der Waals surface area (Å²) in [6.45, 7) is 3.19. The number of carbonyl (C=O) groups excluding carboxylic acids is 1. The van der Waals surface area contributed by atoms with Gasteiger partial charge in [-0.25, -0.2) is 0 Å². The quantitative estimate of drug-likeness (QED) is 0.668. The lowest BCUT2D eigenvalue weighted by Crippen LogP contribution is -2.36.